The molecule has 3 atom stereocenters. The van der Waals surface area contributed by atoms with Gasteiger partial charge in [-0.15, -0.1) is 0 Å². The van der Waals surface area contributed by atoms with Gasteiger partial charge in [-0.1, -0.05) is 24.3 Å². The molecule has 0 aliphatic carbocycles. The first-order chi connectivity index (χ1) is 12.5. The van der Waals surface area contributed by atoms with E-state index in [1.165, 1.54) is 7.11 Å². The number of piperidine rings is 1. The Morgan fingerprint density at radius 1 is 1.46 bits per heavy atom. The van der Waals surface area contributed by atoms with E-state index in [2.05, 4.69) is 4.98 Å². The van der Waals surface area contributed by atoms with Crippen molar-refractivity contribution in [2.45, 2.75) is 25.3 Å². The van der Waals surface area contributed by atoms with Crippen LogP contribution >= 0.6 is 0 Å². The lowest BCUT2D eigenvalue weighted by molar-refractivity contribution is -0.894. The number of carbonyl (C=O) groups excluding carboxylic acids is 1. The van der Waals surface area contributed by atoms with E-state index in [0.29, 0.717) is 25.2 Å². The lowest BCUT2D eigenvalue weighted by Crippen LogP contribution is -2.59. The highest BCUT2D eigenvalue weighted by Gasteiger charge is 2.56. The Kier molecular flexibility index (Phi) is 3.95. The van der Waals surface area contributed by atoms with Crippen LogP contribution in [0.25, 0.3) is 10.9 Å². The minimum absolute atomic E-state index is 0.253. The standard InChI is InChI=1S/C20H24N2O4/c1-3-13-10-22(25)9-8-16(13)20(12-23,19(24)26-2)18-15(11-22)14-6-4-5-7-17(14)21-18/h3-7,16,21,23H,8-12H2,1-2H3/b13-3-/t16-,20?,22?/m0/s1. The van der Waals surface area contributed by atoms with Gasteiger partial charge in [0.15, 0.2) is 0 Å². The Hall–Kier alpha value is -2.15. The Balaban J connectivity index is 2.09. The van der Waals surface area contributed by atoms with Gasteiger partial charge in [0.2, 0.25) is 0 Å². The summed E-state index contributed by atoms with van der Waals surface area (Å²) in [5.74, 6) is -0.706. The number of methoxy groups -OCH3 is 1. The van der Waals surface area contributed by atoms with Crippen LogP contribution in [0.3, 0.4) is 0 Å². The summed E-state index contributed by atoms with van der Waals surface area (Å²) in [5.41, 5.74) is 2.05. The highest BCUT2D eigenvalue weighted by Crippen LogP contribution is 2.49. The molecule has 0 radical (unpaired) electrons. The summed E-state index contributed by atoms with van der Waals surface area (Å²) in [5, 5.41) is 24.9. The summed E-state index contributed by atoms with van der Waals surface area (Å²) in [6, 6.07) is 7.73. The van der Waals surface area contributed by atoms with Crippen LogP contribution in [0.15, 0.2) is 35.9 Å². The number of carbonyl (C=O) groups is 1. The molecule has 1 aromatic carbocycles. The van der Waals surface area contributed by atoms with Crippen LogP contribution in [0.2, 0.25) is 0 Å². The Labute approximate surface area is 152 Å². The number of ether oxygens (including phenoxy) is 1. The van der Waals surface area contributed by atoms with Gasteiger partial charge in [-0.05, 0) is 18.6 Å². The number of aromatic nitrogens is 1. The number of nitrogens with one attached hydrogen (secondary N) is 1. The van der Waals surface area contributed by atoms with Gasteiger partial charge in [0.25, 0.3) is 0 Å². The Bertz CT molecular complexity index is 902. The number of hydrogen-bond donors (Lipinski definition) is 2. The molecule has 2 N–H and O–H groups in total. The maximum Gasteiger partial charge on any atom is 0.320 e. The van der Waals surface area contributed by atoms with Gasteiger partial charge in [-0.2, -0.15) is 0 Å². The number of aliphatic hydroxyl groups is 1. The number of aromatic amines is 1. The predicted molar refractivity (Wildman–Crippen MR) is 98.0 cm³/mol. The molecule has 5 rings (SSSR count). The number of benzene rings is 1. The second-order valence-corrected chi connectivity index (χ2v) is 7.45. The van der Waals surface area contributed by atoms with Gasteiger partial charge < -0.3 is 24.7 Å². The summed E-state index contributed by atoms with van der Waals surface area (Å²) < 4.78 is 4.85. The lowest BCUT2D eigenvalue weighted by atomic mass is 9.64. The second kappa shape index (κ2) is 5.94. The summed E-state index contributed by atoms with van der Waals surface area (Å²) in [7, 11) is 1.35. The average Bonchev–Trinajstić information content (AvgIpc) is 3.00. The van der Waals surface area contributed by atoms with Gasteiger partial charge >= 0.3 is 5.97 Å². The predicted octanol–water partition coefficient (Wildman–Crippen LogP) is 2.37. The normalized spacial score (nSPS) is 32.3. The summed E-state index contributed by atoms with van der Waals surface area (Å²) in [6.45, 7) is 2.59. The largest absolute Gasteiger partial charge is 0.632 e. The molecule has 2 aromatic rings. The van der Waals surface area contributed by atoms with E-state index >= 15 is 0 Å². The number of hydrogen-bond acceptors (Lipinski definition) is 4. The van der Waals surface area contributed by atoms with Crippen molar-refractivity contribution in [3.8, 4) is 0 Å². The molecule has 0 spiro atoms. The molecule has 3 aliphatic rings. The maximum absolute atomic E-state index is 13.4. The van der Waals surface area contributed by atoms with Gasteiger partial charge in [-0.25, -0.2) is 0 Å². The molecule has 6 nitrogen and oxygen atoms in total. The van der Waals surface area contributed by atoms with Gasteiger partial charge in [-0.3, -0.25) is 4.79 Å². The molecule has 0 amide bonds. The Morgan fingerprint density at radius 2 is 2.23 bits per heavy atom. The quantitative estimate of drug-likeness (QED) is 0.374. The van der Waals surface area contributed by atoms with E-state index in [-0.39, 0.29) is 23.7 Å². The average molecular weight is 356 g/mol. The molecular weight excluding hydrogens is 332 g/mol. The van der Waals surface area contributed by atoms with E-state index in [4.69, 9.17) is 4.74 Å². The van der Waals surface area contributed by atoms with E-state index < -0.39 is 11.4 Å². The zero-order valence-electron chi connectivity index (χ0n) is 15.1. The lowest BCUT2D eigenvalue weighted by Gasteiger charge is -2.53. The molecule has 2 bridgehead atoms. The highest BCUT2D eigenvalue weighted by molar-refractivity contribution is 5.91. The number of quaternary nitrogens is 1. The van der Waals surface area contributed by atoms with E-state index in [9.17, 15) is 15.1 Å². The van der Waals surface area contributed by atoms with E-state index in [1.807, 2.05) is 37.3 Å². The number of allylic oxidation sites excluding steroid dienone is 1. The molecule has 4 heterocycles. The van der Waals surface area contributed by atoms with Gasteiger partial charge in [0.05, 0.1) is 20.3 Å². The minimum Gasteiger partial charge on any atom is -0.632 e. The van der Waals surface area contributed by atoms with Crippen LogP contribution in [0.1, 0.15) is 24.6 Å². The Morgan fingerprint density at radius 3 is 2.92 bits per heavy atom. The van der Waals surface area contributed by atoms with Crippen LogP contribution in [-0.2, 0) is 21.5 Å². The minimum atomic E-state index is -1.21. The smallest absolute Gasteiger partial charge is 0.320 e. The molecule has 6 heteroatoms. The molecule has 2 unspecified atom stereocenters. The molecule has 138 valence electrons. The number of hydroxylamine groups is 3. The third-order valence-electron chi connectivity index (χ3n) is 6.21. The highest BCUT2D eigenvalue weighted by atomic mass is 16.5. The first-order valence-electron chi connectivity index (χ1n) is 9.00. The third kappa shape index (κ3) is 2.19. The van der Waals surface area contributed by atoms with E-state index in [1.54, 1.807) is 0 Å². The summed E-state index contributed by atoms with van der Waals surface area (Å²) in [4.78, 5) is 16.4. The van der Waals surface area contributed by atoms with Crippen LogP contribution < -0.4 is 0 Å². The van der Waals surface area contributed by atoms with Gasteiger partial charge in [0.1, 0.15) is 18.5 Å². The SMILES string of the molecule is C/C=C1/C[N+]2([O-])CC[C@@H]1C(CO)(C(=O)OC)c1[nH]c3ccccc3c1C2. The number of rotatable bonds is 2. The summed E-state index contributed by atoms with van der Waals surface area (Å²) >= 11 is 0. The van der Waals surface area contributed by atoms with Crippen molar-refractivity contribution in [3.63, 3.8) is 0 Å². The van der Waals surface area contributed by atoms with Gasteiger partial charge in [0, 0.05) is 34.5 Å². The molecule has 1 aromatic heterocycles. The van der Waals surface area contributed by atoms with Crippen molar-refractivity contribution in [2.24, 2.45) is 5.92 Å². The van der Waals surface area contributed by atoms with Crippen molar-refractivity contribution >= 4 is 16.9 Å². The topological polar surface area (TPSA) is 85.4 Å². The third-order valence-corrected chi connectivity index (χ3v) is 6.21. The monoisotopic (exact) mass is 356 g/mol. The first-order valence-corrected chi connectivity index (χ1v) is 9.00. The van der Waals surface area contributed by atoms with Crippen LogP contribution in [0, 0.1) is 11.1 Å². The van der Waals surface area contributed by atoms with Crippen LogP contribution in [0.4, 0.5) is 0 Å². The van der Waals surface area contributed by atoms with E-state index in [0.717, 1.165) is 22.0 Å². The maximum atomic E-state index is 13.4. The fourth-order valence-electron chi connectivity index (χ4n) is 4.95. The number of H-pyrrole nitrogens is 1. The van der Waals surface area contributed by atoms with Crippen molar-refractivity contribution < 1.29 is 19.3 Å². The number of aliphatic hydroxyl groups excluding tert-OH is 1. The number of fused-ring (bicyclic) bond motifs is 3. The van der Waals surface area contributed by atoms with Crippen molar-refractivity contribution in [2.75, 3.05) is 26.8 Å². The van der Waals surface area contributed by atoms with Crippen LogP contribution in [0.5, 0.6) is 0 Å². The molecular formula is C20H24N2O4. The number of esters is 1. The summed E-state index contributed by atoms with van der Waals surface area (Å²) in [6.07, 6.45) is 2.48. The fourth-order valence-corrected chi connectivity index (χ4v) is 4.95. The molecule has 3 aliphatic heterocycles. The molecule has 1 fully saturated rings. The van der Waals surface area contributed by atoms with Crippen molar-refractivity contribution in [1.82, 2.24) is 4.98 Å². The molecule has 0 saturated carbocycles. The molecule has 26 heavy (non-hydrogen) atoms. The van der Waals surface area contributed by atoms with Crippen molar-refractivity contribution in [1.29, 1.82) is 0 Å². The zero-order valence-corrected chi connectivity index (χ0v) is 15.1. The van der Waals surface area contributed by atoms with Crippen molar-refractivity contribution in [3.05, 3.63) is 52.4 Å². The molecule has 1 saturated heterocycles. The zero-order chi connectivity index (χ0) is 18.5. The second-order valence-electron chi connectivity index (χ2n) is 7.45. The first kappa shape index (κ1) is 17.3. The van der Waals surface area contributed by atoms with Crippen LogP contribution in [-0.4, -0.2) is 47.5 Å². The fraction of sp³-hybridized carbons (Fsp3) is 0.450. The number of nitrogens with zero attached hydrogens (tertiary/aromatic N) is 1. The number of para-hydroxylation sites is 1.